The molecule has 1 aliphatic rings. The zero-order valence-corrected chi connectivity index (χ0v) is 12.3. The van der Waals surface area contributed by atoms with Crippen LogP contribution >= 0.6 is 11.6 Å². The minimum Gasteiger partial charge on any atom is -0.478 e. The molecule has 0 aromatic heterocycles. The van der Waals surface area contributed by atoms with Crippen molar-refractivity contribution in [1.82, 2.24) is 0 Å². The molecule has 0 spiro atoms. The molecule has 1 heterocycles. The summed E-state index contributed by atoms with van der Waals surface area (Å²) in [7, 11) is 1.99. The quantitative estimate of drug-likeness (QED) is 0.868. The minimum atomic E-state index is -0.990. The average Bonchev–Trinajstić information content (AvgIpc) is 2.82. The lowest BCUT2D eigenvalue weighted by atomic mass is 10.1. The molecule has 20 heavy (non-hydrogen) atoms. The second-order valence-electron chi connectivity index (χ2n) is 4.89. The number of carbonyl (C=O) groups is 1. The first-order valence-electron chi connectivity index (χ1n) is 6.54. The molecule has 5 heteroatoms. The first kappa shape index (κ1) is 14.9. The molecule has 0 amide bonds. The van der Waals surface area contributed by atoms with Crippen molar-refractivity contribution in [2.24, 2.45) is 0 Å². The topological polar surface area (TPSA) is 49.8 Å². The summed E-state index contributed by atoms with van der Waals surface area (Å²) in [6, 6.07) is 5.84. The van der Waals surface area contributed by atoms with E-state index in [1.165, 1.54) is 6.08 Å². The summed E-state index contributed by atoms with van der Waals surface area (Å²) in [4.78, 5) is 12.8. The van der Waals surface area contributed by atoms with Crippen LogP contribution in [0.2, 0.25) is 5.02 Å². The van der Waals surface area contributed by atoms with E-state index in [1.807, 2.05) is 26.1 Å². The van der Waals surface area contributed by atoms with Gasteiger partial charge in [-0.2, -0.15) is 0 Å². The van der Waals surface area contributed by atoms with E-state index in [-0.39, 0.29) is 12.1 Å². The smallest absolute Gasteiger partial charge is 0.328 e. The van der Waals surface area contributed by atoms with Crippen LogP contribution < -0.4 is 4.90 Å². The van der Waals surface area contributed by atoms with Gasteiger partial charge in [0.25, 0.3) is 0 Å². The summed E-state index contributed by atoms with van der Waals surface area (Å²) in [5.41, 5.74) is 1.63. The second kappa shape index (κ2) is 6.29. The fourth-order valence-corrected chi connectivity index (χ4v) is 2.79. The molecule has 2 atom stereocenters. The SMILES string of the molecule is CC1OCCC1N(C)c1cccc(Cl)c1/C=C/C(=O)O. The van der Waals surface area contributed by atoms with Crippen LogP contribution in [0.5, 0.6) is 0 Å². The van der Waals surface area contributed by atoms with E-state index < -0.39 is 5.97 Å². The van der Waals surface area contributed by atoms with Crippen molar-refractivity contribution in [3.8, 4) is 0 Å². The van der Waals surface area contributed by atoms with Crippen molar-refractivity contribution >= 4 is 29.3 Å². The Hall–Kier alpha value is -1.52. The number of ether oxygens (including phenoxy) is 1. The van der Waals surface area contributed by atoms with Gasteiger partial charge in [-0.3, -0.25) is 0 Å². The molecule has 1 N–H and O–H groups in total. The van der Waals surface area contributed by atoms with Crippen LogP contribution in [0.4, 0.5) is 5.69 Å². The summed E-state index contributed by atoms with van der Waals surface area (Å²) in [5, 5.41) is 9.33. The standard InChI is InChI=1S/C15H18ClNO3/c1-10-13(8-9-20-10)17(2)14-5-3-4-12(16)11(14)6-7-15(18)19/h3-7,10,13H,8-9H2,1-2H3,(H,18,19)/b7-6+. The summed E-state index contributed by atoms with van der Waals surface area (Å²) >= 11 is 6.20. The Morgan fingerprint density at radius 1 is 1.55 bits per heavy atom. The molecular weight excluding hydrogens is 278 g/mol. The van der Waals surface area contributed by atoms with E-state index in [0.717, 1.165) is 30.4 Å². The van der Waals surface area contributed by atoms with Crippen LogP contribution in [0.15, 0.2) is 24.3 Å². The normalized spacial score (nSPS) is 22.4. The van der Waals surface area contributed by atoms with Crippen LogP contribution in [0.25, 0.3) is 6.08 Å². The number of rotatable bonds is 4. The van der Waals surface area contributed by atoms with E-state index >= 15 is 0 Å². The third kappa shape index (κ3) is 3.14. The predicted octanol–water partition coefficient (Wildman–Crippen LogP) is 3.05. The fourth-order valence-electron chi connectivity index (χ4n) is 2.56. The lowest BCUT2D eigenvalue weighted by Gasteiger charge is -2.30. The predicted molar refractivity (Wildman–Crippen MR) is 80.3 cm³/mol. The van der Waals surface area contributed by atoms with E-state index in [1.54, 1.807) is 6.07 Å². The third-order valence-corrected chi connectivity index (χ3v) is 3.97. The molecule has 1 fully saturated rings. The molecule has 2 unspecified atom stereocenters. The largest absolute Gasteiger partial charge is 0.478 e. The van der Waals surface area contributed by atoms with E-state index in [9.17, 15) is 4.79 Å². The van der Waals surface area contributed by atoms with Gasteiger partial charge in [-0.1, -0.05) is 17.7 Å². The highest BCUT2D eigenvalue weighted by atomic mass is 35.5. The maximum atomic E-state index is 10.7. The highest BCUT2D eigenvalue weighted by Gasteiger charge is 2.29. The monoisotopic (exact) mass is 295 g/mol. The number of carboxylic acid groups (broad SMARTS) is 1. The number of likely N-dealkylation sites (N-methyl/N-ethyl adjacent to an activating group) is 1. The molecule has 1 aromatic rings. The Kier molecular flexibility index (Phi) is 4.68. The minimum absolute atomic E-state index is 0.148. The highest BCUT2D eigenvalue weighted by Crippen LogP contribution is 2.32. The number of carboxylic acids is 1. The van der Waals surface area contributed by atoms with Gasteiger partial charge in [-0.05, 0) is 31.6 Å². The van der Waals surface area contributed by atoms with Crippen LogP contribution in [-0.2, 0) is 9.53 Å². The zero-order valence-electron chi connectivity index (χ0n) is 11.5. The van der Waals surface area contributed by atoms with Gasteiger partial charge in [-0.15, -0.1) is 0 Å². The van der Waals surface area contributed by atoms with Gasteiger partial charge in [0, 0.05) is 36.0 Å². The molecule has 1 saturated heterocycles. The van der Waals surface area contributed by atoms with E-state index in [0.29, 0.717) is 5.02 Å². The number of nitrogens with zero attached hydrogens (tertiary/aromatic N) is 1. The van der Waals surface area contributed by atoms with Crippen molar-refractivity contribution in [2.75, 3.05) is 18.6 Å². The number of hydrogen-bond acceptors (Lipinski definition) is 3. The number of anilines is 1. The first-order valence-corrected chi connectivity index (χ1v) is 6.92. The van der Waals surface area contributed by atoms with Gasteiger partial charge in [-0.25, -0.2) is 4.79 Å². The Morgan fingerprint density at radius 3 is 2.90 bits per heavy atom. The Morgan fingerprint density at radius 2 is 2.30 bits per heavy atom. The van der Waals surface area contributed by atoms with Crippen molar-refractivity contribution < 1.29 is 14.6 Å². The van der Waals surface area contributed by atoms with Gasteiger partial charge in [0.15, 0.2) is 0 Å². The van der Waals surface area contributed by atoms with Crippen molar-refractivity contribution in [1.29, 1.82) is 0 Å². The molecule has 108 valence electrons. The van der Waals surface area contributed by atoms with Gasteiger partial charge in [0.2, 0.25) is 0 Å². The van der Waals surface area contributed by atoms with Crippen LogP contribution in [0, 0.1) is 0 Å². The van der Waals surface area contributed by atoms with Crippen LogP contribution in [0.3, 0.4) is 0 Å². The third-order valence-electron chi connectivity index (χ3n) is 3.64. The second-order valence-corrected chi connectivity index (χ2v) is 5.29. The molecule has 0 saturated carbocycles. The number of halogens is 1. The van der Waals surface area contributed by atoms with Crippen molar-refractivity contribution in [3.05, 3.63) is 34.9 Å². The molecule has 0 bridgehead atoms. The Bertz CT molecular complexity index is 530. The maximum Gasteiger partial charge on any atom is 0.328 e. The molecular formula is C15H18ClNO3. The first-order chi connectivity index (χ1) is 9.50. The molecule has 1 aromatic carbocycles. The van der Waals surface area contributed by atoms with Crippen LogP contribution in [-0.4, -0.2) is 36.9 Å². The molecule has 2 rings (SSSR count). The summed E-state index contributed by atoms with van der Waals surface area (Å²) in [6.07, 6.45) is 3.74. The fraction of sp³-hybridized carbons (Fsp3) is 0.400. The molecule has 4 nitrogen and oxygen atoms in total. The molecule has 0 radical (unpaired) electrons. The summed E-state index contributed by atoms with van der Waals surface area (Å²) < 4.78 is 5.59. The molecule has 1 aliphatic heterocycles. The van der Waals surface area contributed by atoms with E-state index in [4.69, 9.17) is 21.4 Å². The van der Waals surface area contributed by atoms with Crippen molar-refractivity contribution in [3.63, 3.8) is 0 Å². The number of hydrogen-bond donors (Lipinski definition) is 1. The van der Waals surface area contributed by atoms with Gasteiger partial charge in [0.05, 0.1) is 12.1 Å². The Balaban J connectivity index is 2.35. The lowest BCUT2D eigenvalue weighted by Crippen LogP contribution is -2.37. The molecule has 0 aliphatic carbocycles. The van der Waals surface area contributed by atoms with Gasteiger partial charge >= 0.3 is 5.97 Å². The van der Waals surface area contributed by atoms with Gasteiger partial charge < -0.3 is 14.7 Å². The Labute approximate surface area is 123 Å². The van der Waals surface area contributed by atoms with E-state index in [2.05, 4.69) is 4.90 Å². The lowest BCUT2D eigenvalue weighted by molar-refractivity contribution is -0.131. The van der Waals surface area contributed by atoms with Crippen LogP contribution in [0.1, 0.15) is 18.9 Å². The summed E-state index contributed by atoms with van der Waals surface area (Å²) in [6.45, 7) is 2.79. The maximum absolute atomic E-state index is 10.7. The van der Waals surface area contributed by atoms with Crippen molar-refractivity contribution in [2.45, 2.75) is 25.5 Å². The average molecular weight is 296 g/mol. The number of benzene rings is 1. The summed E-state index contributed by atoms with van der Waals surface area (Å²) in [5.74, 6) is -0.990. The number of aliphatic carboxylic acids is 1. The van der Waals surface area contributed by atoms with Gasteiger partial charge in [0.1, 0.15) is 0 Å². The zero-order chi connectivity index (χ0) is 14.7. The highest BCUT2D eigenvalue weighted by molar-refractivity contribution is 6.32.